The number of benzene rings is 6. The highest BCUT2D eigenvalue weighted by molar-refractivity contribution is 5.89. The van der Waals surface area contributed by atoms with E-state index >= 15 is 0 Å². The van der Waals surface area contributed by atoms with E-state index in [1.165, 1.54) is 66.8 Å². The Morgan fingerprint density at radius 2 is 0.891 bits per heavy atom. The van der Waals surface area contributed by atoms with Crippen LogP contribution in [0.5, 0.6) is 11.5 Å². The minimum Gasteiger partial charge on any atom is -0.496 e. The van der Waals surface area contributed by atoms with E-state index in [2.05, 4.69) is 141 Å². The quantitative estimate of drug-likeness (QED) is 0.203. The molecule has 4 bridgehead atoms. The van der Waals surface area contributed by atoms with Gasteiger partial charge in [0.1, 0.15) is 11.5 Å². The summed E-state index contributed by atoms with van der Waals surface area (Å²) in [6.45, 7) is 4.37. The third-order valence-electron chi connectivity index (χ3n) is 12.1. The molecule has 0 aliphatic heterocycles. The van der Waals surface area contributed by atoms with Gasteiger partial charge in [-0.2, -0.15) is 0 Å². The summed E-state index contributed by atoms with van der Waals surface area (Å²) in [5, 5.41) is 0. The molecule has 2 heteroatoms. The molecule has 0 radical (unpaired) electrons. The fourth-order valence-electron chi connectivity index (χ4n) is 10.7. The van der Waals surface area contributed by atoms with Crippen LogP contribution in [0.3, 0.4) is 0 Å². The molecule has 2 spiro atoms. The molecule has 0 amide bonds. The average Bonchev–Trinajstić information content (AvgIpc) is 3.34. The molecule has 2 nitrogen and oxygen atoms in total. The zero-order valence-electron chi connectivity index (χ0n) is 26.5. The highest BCUT2D eigenvalue weighted by Gasteiger charge is 2.75. The number of ether oxygens (including phenoxy) is 2. The van der Waals surface area contributed by atoms with Crippen molar-refractivity contribution in [2.45, 2.75) is 36.0 Å². The fourth-order valence-corrected chi connectivity index (χ4v) is 10.7. The van der Waals surface area contributed by atoms with Crippen LogP contribution in [0.2, 0.25) is 0 Å². The van der Waals surface area contributed by atoms with Gasteiger partial charge in [0.2, 0.25) is 0 Å². The van der Waals surface area contributed by atoms with E-state index in [-0.39, 0.29) is 5.92 Å². The van der Waals surface area contributed by atoms with Crippen LogP contribution in [0.25, 0.3) is 0 Å². The zero-order valence-corrected chi connectivity index (χ0v) is 26.5. The molecule has 0 heterocycles. The number of hydrogen-bond donors (Lipinski definition) is 0. The van der Waals surface area contributed by atoms with Gasteiger partial charge in [-0.1, -0.05) is 115 Å². The maximum absolute atomic E-state index is 6.06. The fraction of sp³-hybridized carbons (Fsp3) is 0.182. The summed E-state index contributed by atoms with van der Waals surface area (Å²) >= 11 is 0. The maximum atomic E-state index is 6.06. The van der Waals surface area contributed by atoms with Crippen LogP contribution in [-0.4, -0.2) is 14.2 Å². The molecule has 0 unspecified atom stereocenters. The van der Waals surface area contributed by atoms with Crippen LogP contribution in [-0.2, 0) is 16.2 Å². The summed E-state index contributed by atoms with van der Waals surface area (Å²) in [7, 11) is 3.57. The second-order valence-electron chi connectivity index (χ2n) is 13.6. The van der Waals surface area contributed by atoms with E-state index in [1.54, 1.807) is 14.2 Å². The van der Waals surface area contributed by atoms with Gasteiger partial charge in [0.15, 0.2) is 0 Å². The highest BCUT2D eigenvalue weighted by atomic mass is 16.5. The van der Waals surface area contributed by atoms with E-state index in [9.17, 15) is 0 Å². The normalized spacial score (nSPS) is 25.0. The van der Waals surface area contributed by atoms with Gasteiger partial charge >= 0.3 is 0 Å². The Hall–Kier alpha value is -5.08. The van der Waals surface area contributed by atoms with Crippen molar-refractivity contribution in [1.82, 2.24) is 0 Å². The minimum absolute atomic E-state index is 0.0403. The van der Waals surface area contributed by atoms with Gasteiger partial charge < -0.3 is 9.47 Å². The first kappa shape index (κ1) is 26.2. The van der Waals surface area contributed by atoms with Crippen molar-refractivity contribution in [3.05, 3.63) is 200 Å². The summed E-state index contributed by atoms with van der Waals surface area (Å²) in [6, 6.07) is 49.2. The molecule has 4 atom stereocenters. The molecule has 222 valence electrons. The number of hydrogen-bond acceptors (Lipinski definition) is 2. The largest absolute Gasteiger partial charge is 0.496 e. The van der Waals surface area contributed by atoms with Crippen LogP contribution in [0.15, 0.2) is 127 Å². The zero-order chi connectivity index (χ0) is 31.0. The Bertz CT molecular complexity index is 2280. The molecule has 5 aliphatic rings. The third-order valence-corrected chi connectivity index (χ3v) is 12.1. The Balaban J connectivity index is 1.56. The van der Waals surface area contributed by atoms with Crippen LogP contribution in [0.1, 0.15) is 78.2 Å². The summed E-state index contributed by atoms with van der Waals surface area (Å²) in [4.78, 5) is 0. The van der Waals surface area contributed by atoms with Gasteiger partial charge in [-0.05, 0) is 98.3 Å². The molecule has 0 saturated heterocycles. The lowest BCUT2D eigenvalue weighted by Gasteiger charge is -2.62. The Labute approximate surface area is 270 Å². The molecule has 5 aliphatic carbocycles. The van der Waals surface area contributed by atoms with Crippen LogP contribution in [0, 0.1) is 13.8 Å². The average molecular weight is 595 g/mol. The number of methoxy groups -OCH3 is 2. The molecule has 0 saturated carbocycles. The van der Waals surface area contributed by atoms with Crippen molar-refractivity contribution < 1.29 is 9.47 Å². The van der Waals surface area contributed by atoms with Crippen molar-refractivity contribution in [3.8, 4) is 11.5 Å². The third kappa shape index (κ3) is 2.52. The minimum atomic E-state index is -0.502. The second-order valence-corrected chi connectivity index (χ2v) is 13.6. The number of aryl methyl sites for hydroxylation is 2. The highest BCUT2D eigenvalue weighted by Crippen LogP contribution is 2.79. The van der Waals surface area contributed by atoms with Crippen molar-refractivity contribution >= 4 is 0 Å². The maximum Gasteiger partial charge on any atom is 0.122 e. The van der Waals surface area contributed by atoms with Crippen LogP contribution < -0.4 is 9.47 Å². The Kier molecular flexibility index (Phi) is 4.88. The van der Waals surface area contributed by atoms with Gasteiger partial charge in [-0.3, -0.25) is 0 Å². The molecule has 46 heavy (non-hydrogen) atoms. The van der Waals surface area contributed by atoms with E-state index < -0.39 is 16.2 Å². The van der Waals surface area contributed by atoms with Crippen molar-refractivity contribution in [1.29, 1.82) is 0 Å². The predicted octanol–water partition coefficient (Wildman–Crippen LogP) is 9.11. The Morgan fingerprint density at radius 1 is 0.435 bits per heavy atom. The number of rotatable bonds is 3. The monoisotopic (exact) mass is 594 g/mol. The molecular formula is C44H34O2. The Morgan fingerprint density at radius 3 is 1.41 bits per heavy atom. The first-order valence-corrected chi connectivity index (χ1v) is 16.3. The molecule has 0 N–H and O–H groups in total. The second kappa shape index (κ2) is 8.59. The van der Waals surface area contributed by atoms with Crippen molar-refractivity contribution in [2.24, 2.45) is 0 Å². The predicted molar refractivity (Wildman–Crippen MR) is 183 cm³/mol. The summed E-state index contributed by atoms with van der Waals surface area (Å²) in [5.41, 5.74) is 16.2. The number of fused-ring (bicyclic) bond motifs is 1. The van der Waals surface area contributed by atoms with Gasteiger partial charge in [0.05, 0.1) is 30.5 Å². The lowest BCUT2D eigenvalue weighted by atomic mass is 9.38. The SMILES string of the molecule is COc1ccc([C@]23c4ccccc4[C@]45c6ccccc6[C@H]2c2ccccc2[C@@]4(c2ccccc23)c2cc(OC)c(C)cc25)cc1C. The molecular weight excluding hydrogens is 560 g/mol. The molecule has 0 fully saturated rings. The molecule has 11 rings (SSSR count). The van der Waals surface area contributed by atoms with Gasteiger partial charge in [-0.25, -0.2) is 0 Å². The smallest absolute Gasteiger partial charge is 0.122 e. The van der Waals surface area contributed by atoms with E-state index in [1.807, 2.05) is 0 Å². The van der Waals surface area contributed by atoms with Crippen LogP contribution >= 0.6 is 0 Å². The first-order chi connectivity index (χ1) is 22.6. The van der Waals surface area contributed by atoms with Gasteiger partial charge in [-0.15, -0.1) is 0 Å². The summed E-state index contributed by atoms with van der Waals surface area (Å²) < 4.78 is 11.9. The molecule has 6 aromatic carbocycles. The standard InChI is InChI=1S/C44H34O2/c1-26-23-28(21-22-39(26)45-3)42-33-17-9-11-19-35(33)43-31-15-7-5-13-29(31)41(42)30-14-6-8-16-32(30)44(43,36-20-12-10-18-34(36)42)38-25-40(46-4)27(2)24-37(38)43/h5-25,41H,1-4H3/t41-,42+,43-,44+/m0/s1. The summed E-state index contributed by atoms with van der Waals surface area (Å²) in [6.07, 6.45) is 0. The van der Waals surface area contributed by atoms with Gasteiger partial charge in [0.25, 0.3) is 0 Å². The first-order valence-electron chi connectivity index (χ1n) is 16.3. The molecule has 6 aromatic rings. The van der Waals surface area contributed by atoms with Crippen molar-refractivity contribution in [2.75, 3.05) is 14.2 Å². The topological polar surface area (TPSA) is 18.5 Å². The lowest BCUT2D eigenvalue weighted by molar-refractivity contribution is 0.346. The van der Waals surface area contributed by atoms with E-state index in [4.69, 9.17) is 9.47 Å². The van der Waals surface area contributed by atoms with E-state index in [0.29, 0.717) is 0 Å². The van der Waals surface area contributed by atoms with Gasteiger partial charge in [0, 0.05) is 5.92 Å². The van der Waals surface area contributed by atoms with E-state index in [0.717, 1.165) is 17.1 Å². The summed E-state index contributed by atoms with van der Waals surface area (Å²) in [5.74, 6) is 1.90. The van der Waals surface area contributed by atoms with Crippen molar-refractivity contribution in [3.63, 3.8) is 0 Å². The molecule has 0 aromatic heterocycles. The lowest BCUT2D eigenvalue weighted by Crippen LogP contribution is -2.61. The van der Waals surface area contributed by atoms with Crippen LogP contribution in [0.4, 0.5) is 0 Å².